The second kappa shape index (κ2) is 4.55. The van der Waals surface area contributed by atoms with Gasteiger partial charge in [0.2, 0.25) is 5.95 Å². The van der Waals surface area contributed by atoms with Crippen LogP contribution < -0.4 is 5.32 Å². The van der Waals surface area contributed by atoms with Crippen molar-refractivity contribution < 1.29 is 14.6 Å². The number of fused-ring (bicyclic) bond motifs is 1. The molecule has 1 aromatic heterocycles. The van der Waals surface area contributed by atoms with Crippen LogP contribution in [0.15, 0.2) is 18.2 Å². The molecule has 1 aliphatic carbocycles. The smallest absolute Gasteiger partial charge is 0.413 e. The van der Waals surface area contributed by atoms with Gasteiger partial charge in [-0.1, -0.05) is 6.07 Å². The predicted molar refractivity (Wildman–Crippen MR) is 69.8 cm³/mol. The fourth-order valence-corrected chi connectivity index (χ4v) is 2.10. The molecule has 1 aliphatic rings. The molecule has 1 saturated carbocycles. The zero-order valence-electron chi connectivity index (χ0n) is 10.5. The van der Waals surface area contributed by atoms with Crippen LogP contribution in [0.3, 0.4) is 0 Å². The molecule has 100 valence electrons. The molecule has 6 heteroatoms. The van der Waals surface area contributed by atoms with E-state index in [1.165, 1.54) is 7.11 Å². The molecule has 0 saturated heterocycles. The van der Waals surface area contributed by atoms with E-state index in [4.69, 9.17) is 0 Å². The SMILES string of the molecule is COC(=O)Nc1nc2ccc(C(O)C3CC3)cc2[nH]1. The number of benzene rings is 1. The first-order valence-electron chi connectivity index (χ1n) is 6.20. The summed E-state index contributed by atoms with van der Waals surface area (Å²) in [4.78, 5) is 18.3. The summed E-state index contributed by atoms with van der Waals surface area (Å²) in [7, 11) is 1.29. The maximum absolute atomic E-state index is 11.1. The van der Waals surface area contributed by atoms with Crippen molar-refractivity contribution >= 4 is 23.1 Å². The lowest BCUT2D eigenvalue weighted by Gasteiger charge is -2.08. The van der Waals surface area contributed by atoms with Gasteiger partial charge >= 0.3 is 6.09 Å². The molecule has 6 nitrogen and oxygen atoms in total. The molecule has 1 heterocycles. The van der Waals surface area contributed by atoms with Crippen LogP contribution in [0, 0.1) is 5.92 Å². The highest BCUT2D eigenvalue weighted by molar-refractivity contribution is 5.86. The molecule has 1 fully saturated rings. The van der Waals surface area contributed by atoms with Gasteiger partial charge in [0.05, 0.1) is 24.2 Å². The van der Waals surface area contributed by atoms with Gasteiger partial charge < -0.3 is 14.8 Å². The Morgan fingerprint density at radius 1 is 1.58 bits per heavy atom. The summed E-state index contributed by atoms with van der Waals surface area (Å²) in [6.07, 6.45) is 1.18. The summed E-state index contributed by atoms with van der Waals surface area (Å²) in [5.74, 6) is 0.716. The van der Waals surface area contributed by atoms with Crippen LogP contribution in [0.5, 0.6) is 0 Å². The number of nitrogens with one attached hydrogen (secondary N) is 2. The number of imidazole rings is 1. The Kier molecular flexibility index (Phi) is 2.87. The van der Waals surface area contributed by atoms with Crippen molar-refractivity contribution in [3.63, 3.8) is 0 Å². The number of rotatable bonds is 3. The summed E-state index contributed by atoms with van der Waals surface area (Å²) in [5, 5.41) is 12.6. The van der Waals surface area contributed by atoms with E-state index in [1.807, 2.05) is 18.2 Å². The number of carbonyl (C=O) groups is 1. The van der Waals surface area contributed by atoms with E-state index in [9.17, 15) is 9.90 Å². The van der Waals surface area contributed by atoms with Crippen LogP contribution >= 0.6 is 0 Å². The average molecular weight is 261 g/mol. The topological polar surface area (TPSA) is 87.2 Å². The number of anilines is 1. The number of hydrogen-bond donors (Lipinski definition) is 3. The molecule has 19 heavy (non-hydrogen) atoms. The zero-order chi connectivity index (χ0) is 13.4. The van der Waals surface area contributed by atoms with Gasteiger partial charge in [-0.05, 0) is 36.5 Å². The predicted octanol–water partition coefficient (Wildman–Crippen LogP) is 2.18. The molecule has 0 bridgehead atoms. The molecule has 0 radical (unpaired) electrons. The third-order valence-electron chi connectivity index (χ3n) is 3.32. The minimum atomic E-state index is -0.572. The largest absolute Gasteiger partial charge is 0.453 e. The Hall–Kier alpha value is -2.08. The normalized spacial score (nSPS) is 16.3. The third-order valence-corrected chi connectivity index (χ3v) is 3.32. The van der Waals surface area contributed by atoms with Crippen molar-refractivity contribution in [2.75, 3.05) is 12.4 Å². The number of hydrogen-bond acceptors (Lipinski definition) is 4. The number of aromatic amines is 1. The summed E-state index contributed by atoms with van der Waals surface area (Å²) in [6, 6.07) is 5.57. The number of carbonyl (C=O) groups excluding carboxylic acids is 1. The maximum atomic E-state index is 11.1. The lowest BCUT2D eigenvalue weighted by Crippen LogP contribution is -2.11. The van der Waals surface area contributed by atoms with Crippen molar-refractivity contribution in [1.82, 2.24) is 9.97 Å². The third kappa shape index (κ3) is 2.39. The highest BCUT2D eigenvalue weighted by Gasteiger charge is 2.30. The van der Waals surface area contributed by atoms with Crippen LogP contribution in [0.2, 0.25) is 0 Å². The van der Waals surface area contributed by atoms with Gasteiger partial charge in [-0.3, -0.25) is 5.32 Å². The van der Waals surface area contributed by atoms with E-state index >= 15 is 0 Å². The Balaban J connectivity index is 1.87. The van der Waals surface area contributed by atoms with Crippen molar-refractivity contribution in [1.29, 1.82) is 0 Å². The molecule has 1 amide bonds. The van der Waals surface area contributed by atoms with Crippen molar-refractivity contribution in [2.24, 2.45) is 5.92 Å². The molecular weight excluding hydrogens is 246 g/mol. The second-order valence-electron chi connectivity index (χ2n) is 4.76. The number of nitrogens with zero attached hydrogens (tertiary/aromatic N) is 1. The van der Waals surface area contributed by atoms with E-state index in [1.54, 1.807) is 0 Å². The van der Waals surface area contributed by atoms with E-state index in [2.05, 4.69) is 20.0 Å². The molecule has 0 spiro atoms. The molecule has 0 aliphatic heterocycles. The Bertz CT molecular complexity index is 619. The van der Waals surface area contributed by atoms with E-state index in [0.717, 1.165) is 29.4 Å². The highest BCUT2D eigenvalue weighted by atomic mass is 16.5. The molecule has 1 atom stereocenters. The molecular formula is C13H15N3O3. The van der Waals surface area contributed by atoms with Gasteiger partial charge in [0.1, 0.15) is 0 Å². The minimum Gasteiger partial charge on any atom is -0.453 e. The lowest BCUT2D eigenvalue weighted by molar-refractivity contribution is 0.154. The molecule has 1 aromatic carbocycles. The lowest BCUT2D eigenvalue weighted by atomic mass is 10.1. The Morgan fingerprint density at radius 3 is 3.05 bits per heavy atom. The summed E-state index contributed by atoms with van der Waals surface area (Å²) in [6.45, 7) is 0. The van der Waals surface area contributed by atoms with Crippen LogP contribution in [0.4, 0.5) is 10.7 Å². The quantitative estimate of drug-likeness (QED) is 0.790. The maximum Gasteiger partial charge on any atom is 0.413 e. The van der Waals surface area contributed by atoms with Crippen molar-refractivity contribution in [3.05, 3.63) is 23.8 Å². The standard InChI is InChI=1S/C13H15N3O3/c1-19-13(18)16-12-14-9-5-4-8(6-10(9)15-12)11(17)7-2-3-7/h4-7,11,17H,2-3H2,1H3,(H2,14,15,16,18). The summed E-state index contributed by atoms with van der Waals surface area (Å²) in [5.41, 5.74) is 2.39. The van der Waals surface area contributed by atoms with Crippen LogP contribution in [-0.2, 0) is 4.74 Å². The van der Waals surface area contributed by atoms with E-state index < -0.39 is 12.2 Å². The van der Waals surface area contributed by atoms with Gasteiger partial charge in [0.15, 0.2) is 0 Å². The number of methoxy groups -OCH3 is 1. The molecule has 3 N–H and O–H groups in total. The summed E-state index contributed by atoms with van der Waals surface area (Å²) < 4.78 is 4.50. The van der Waals surface area contributed by atoms with E-state index in [-0.39, 0.29) is 0 Å². The first-order chi connectivity index (χ1) is 9.17. The zero-order valence-corrected chi connectivity index (χ0v) is 10.5. The average Bonchev–Trinajstić information content (AvgIpc) is 3.18. The van der Waals surface area contributed by atoms with E-state index in [0.29, 0.717) is 11.9 Å². The first kappa shape index (κ1) is 12.0. The van der Waals surface area contributed by atoms with Gasteiger partial charge in [-0.15, -0.1) is 0 Å². The fraction of sp³-hybridized carbons (Fsp3) is 0.385. The van der Waals surface area contributed by atoms with Crippen LogP contribution in [0.25, 0.3) is 11.0 Å². The summed E-state index contributed by atoms with van der Waals surface area (Å²) >= 11 is 0. The van der Waals surface area contributed by atoms with Crippen LogP contribution in [-0.4, -0.2) is 28.3 Å². The number of aliphatic hydroxyl groups is 1. The first-order valence-corrected chi connectivity index (χ1v) is 6.20. The molecule has 1 unspecified atom stereocenters. The van der Waals surface area contributed by atoms with Crippen molar-refractivity contribution in [3.8, 4) is 0 Å². The molecule has 3 rings (SSSR count). The second-order valence-corrected chi connectivity index (χ2v) is 4.76. The Labute approximate surface area is 109 Å². The number of ether oxygens (including phenoxy) is 1. The number of H-pyrrole nitrogens is 1. The monoisotopic (exact) mass is 261 g/mol. The van der Waals surface area contributed by atoms with Gasteiger partial charge in [0.25, 0.3) is 0 Å². The van der Waals surface area contributed by atoms with Gasteiger partial charge in [-0.2, -0.15) is 0 Å². The number of aliphatic hydroxyl groups excluding tert-OH is 1. The van der Waals surface area contributed by atoms with Crippen LogP contribution in [0.1, 0.15) is 24.5 Å². The highest BCUT2D eigenvalue weighted by Crippen LogP contribution is 2.41. The Morgan fingerprint density at radius 2 is 2.37 bits per heavy atom. The van der Waals surface area contributed by atoms with Gasteiger partial charge in [-0.25, -0.2) is 9.78 Å². The number of aromatic nitrogens is 2. The number of amides is 1. The van der Waals surface area contributed by atoms with Gasteiger partial charge in [0, 0.05) is 0 Å². The minimum absolute atomic E-state index is 0.333. The molecule has 2 aromatic rings. The fourth-order valence-electron chi connectivity index (χ4n) is 2.10. The van der Waals surface area contributed by atoms with Crippen molar-refractivity contribution in [2.45, 2.75) is 18.9 Å².